The molecule has 0 saturated carbocycles. The number of hydrogen-bond acceptors (Lipinski definition) is 4. The predicted molar refractivity (Wildman–Crippen MR) is 71.7 cm³/mol. The van der Waals surface area contributed by atoms with Crippen molar-refractivity contribution in [3.8, 4) is 0 Å². The van der Waals surface area contributed by atoms with Crippen molar-refractivity contribution in [1.82, 2.24) is 0 Å². The maximum atomic E-state index is 11.5. The molecule has 0 aromatic carbocycles. The third kappa shape index (κ3) is 5.37. The van der Waals surface area contributed by atoms with Crippen molar-refractivity contribution >= 4 is 18.0 Å². The van der Waals surface area contributed by atoms with Crippen LogP contribution in [0.5, 0.6) is 0 Å². The first-order valence-electron chi connectivity index (χ1n) is 6.96. The molecule has 0 N–H and O–H groups in total. The highest BCUT2D eigenvalue weighted by atomic mass is 16.5. The molecule has 0 spiro atoms. The third-order valence-electron chi connectivity index (χ3n) is 3.52. The van der Waals surface area contributed by atoms with Gasteiger partial charge in [-0.3, -0.25) is 14.4 Å². The van der Waals surface area contributed by atoms with Crippen LogP contribution in [0, 0.1) is 0 Å². The van der Waals surface area contributed by atoms with Crippen LogP contribution in [-0.4, -0.2) is 25.1 Å². The summed E-state index contributed by atoms with van der Waals surface area (Å²) in [6, 6.07) is 0. The van der Waals surface area contributed by atoms with Gasteiger partial charge < -0.3 is 4.74 Å². The molecule has 0 heterocycles. The number of ketones is 1. The molecule has 0 radical (unpaired) electrons. The molecule has 4 heteroatoms. The van der Waals surface area contributed by atoms with Gasteiger partial charge in [-0.25, -0.2) is 0 Å². The molecule has 4 nitrogen and oxygen atoms in total. The summed E-state index contributed by atoms with van der Waals surface area (Å²) >= 11 is 0. The van der Waals surface area contributed by atoms with Gasteiger partial charge in [-0.2, -0.15) is 0 Å². The number of allylic oxidation sites excluding steroid dienone is 2. The summed E-state index contributed by atoms with van der Waals surface area (Å²) in [6.07, 6.45) is 8.04. The van der Waals surface area contributed by atoms with E-state index in [9.17, 15) is 14.4 Å². The molecule has 106 valence electrons. The first-order valence-corrected chi connectivity index (χ1v) is 6.96. The molecule has 0 unspecified atom stereocenters. The lowest BCUT2D eigenvalue weighted by Crippen LogP contribution is -1.99. The summed E-state index contributed by atoms with van der Waals surface area (Å²) in [4.78, 5) is 33.2. The zero-order valence-corrected chi connectivity index (χ0v) is 11.6. The molecule has 0 aliphatic heterocycles. The van der Waals surface area contributed by atoms with Gasteiger partial charge in [-0.15, -0.1) is 0 Å². The van der Waals surface area contributed by atoms with Crippen LogP contribution < -0.4 is 0 Å². The highest BCUT2D eigenvalue weighted by molar-refractivity contribution is 6.03. The van der Waals surface area contributed by atoms with E-state index in [0.29, 0.717) is 24.8 Å². The smallest absolute Gasteiger partial charge is 0.305 e. The predicted octanol–water partition coefficient (Wildman–Crippen LogP) is 2.75. The van der Waals surface area contributed by atoms with E-state index >= 15 is 0 Å². The molecule has 0 amide bonds. The lowest BCUT2D eigenvalue weighted by atomic mass is 10.0. The Labute approximate surface area is 114 Å². The lowest BCUT2D eigenvalue weighted by molar-refractivity contribution is -0.140. The summed E-state index contributed by atoms with van der Waals surface area (Å²) in [7, 11) is 1.40. The highest BCUT2D eigenvalue weighted by Gasteiger charge is 2.21. The monoisotopic (exact) mass is 266 g/mol. The molecular weight excluding hydrogens is 244 g/mol. The minimum atomic E-state index is -0.155. The van der Waals surface area contributed by atoms with Crippen LogP contribution in [0.4, 0.5) is 0 Å². The minimum Gasteiger partial charge on any atom is -0.469 e. The van der Waals surface area contributed by atoms with Crippen molar-refractivity contribution in [2.24, 2.45) is 0 Å². The average Bonchev–Trinajstić information content (AvgIpc) is 2.78. The van der Waals surface area contributed by atoms with Crippen molar-refractivity contribution < 1.29 is 19.1 Å². The summed E-state index contributed by atoms with van der Waals surface area (Å²) in [5.74, 6) is -0.00914. The van der Waals surface area contributed by atoms with Gasteiger partial charge in [0.1, 0.15) is 6.29 Å². The Morgan fingerprint density at radius 3 is 2.53 bits per heavy atom. The van der Waals surface area contributed by atoms with Crippen LogP contribution in [-0.2, 0) is 19.1 Å². The maximum absolute atomic E-state index is 11.5. The molecule has 1 aliphatic rings. The van der Waals surface area contributed by atoms with Crippen molar-refractivity contribution in [2.45, 2.75) is 57.8 Å². The fourth-order valence-corrected chi connectivity index (χ4v) is 2.36. The molecule has 0 fully saturated rings. The van der Waals surface area contributed by atoms with Crippen LogP contribution >= 0.6 is 0 Å². The average molecular weight is 266 g/mol. The van der Waals surface area contributed by atoms with Crippen LogP contribution in [0.15, 0.2) is 11.1 Å². The molecular formula is C15H22O4. The second-order valence-electron chi connectivity index (χ2n) is 4.89. The zero-order valence-electron chi connectivity index (χ0n) is 11.6. The van der Waals surface area contributed by atoms with Crippen molar-refractivity contribution in [2.75, 3.05) is 7.11 Å². The number of hydrogen-bond donors (Lipinski definition) is 0. The van der Waals surface area contributed by atoms with E-state index in [1.165, 1.54) is 7.11 Å². The fraction of sp³-hybridized carbons (Fsp3) is 0.667. The van der Waals surface area contributed by atoms with Crippen molar-refractivity contribution in [3.05, 3.63) is 11.1 Å². The van der Waals surface area contributed by atoms with Gasteiger partial charge in [0.05, 0.1) is 7.11 Å². The maximum Gasteiger partial charge on any atom is 0.305 e. The number of carbonyl (C=O) groups is 3. The zero-order chi connectivity index (χ0) is 14.1. The molecule has 19 heavy (non-hydrogen) atoms. The summed E-state index contributed by atoms with van der Waals surface area (Å²) in [6.45, 7) is 0. The van der Waals surface area contributed by atoms with Gasteiger partial charge in [0.15, 0.2) is 5.78 Å². The van der Waals surface area contributed by atoms with Crippen molar-refractivity contribution in [1.29, 1.82) is 0 Å². The van der Waals surface area contributed by atoms with Crippen LogP contribution in [0.1, 0.15) is 57.8 Å². The second-order valence-corrected chi connectivity index (χ2v) is 4.89. The molecule has 0 aromatic rings. The van der Waals surface area contributed by atoms with E-state index in [1.807, 2.05) is 0 Å². The van der Waals surface area contributed by atoms with Crippen LogP contribution in [0.25, 0.3) is 0 Å². The number of unbranched alkanes of at least 4 members (excludes halogenated alkanes) is 4. The number of rotatable bonds is 9. The highest BCUT2D eigenvalue weighted by Crippen LogP contribution is 2.25. The Balaban J connectivity index is 2.09. The summed E-state index contributed by atoms with van der Waals surface area (Å²) in [5.41, 5.74) is 1.46. The SMILES string of the molecule is COC(=O)CCCCCCCC1=C(C=O)CCC1=O. The molecule has 1 rings (SSSR count). The third-order valence-corrected chi connectivity index (χ3v) is 3.52. The van der Waals surface area contributed by atoms with Crippen molar-refractivity contribution in [3.63, 3.8) is 0 Å². The first-order chi connectivity index (χ1) is 9.19. The molecule has 0 aromatic heterocycles. The van der Waals surface area contributed by atoms with Gasteiger partial charge >= 0.3 is 5.97 Å². The Hall–Kier alpha value is -1.45. The molecule has 0 bridgehead atoms. The van der Waals surface area contributed by atoms with Gasteiger partial charge in [-0.05, 0) is 31.3 Å². The number of carbonyl (C=O) groups excluding carboxylic acids is 3. The first kappa shape index (κ1) is 15.6. The van der Waals surface area contributed by atoms with E-state index in [2.05, 4.69) is 4.74 Å². The van der Waals surface area contributed by atoms with E-state index < -0.39 is 0 Å². The number of methoxy groups -OCH3 is 1. The topological polar surface area (TPSA) is 60.4 Å². The minimum absolute atomic E-state index is 0.146. The summed E-state index contributed by atoms with van der Waals surface area (Å²) < 4.78 is 4.57. The standard InChI is InChI=1S/C15H22O4/c1-19-15(18)8-6-4-2-3-5-7-13-12(11-16)9-10-14(13)17/h11H,2-10H2,1H3. The summed E-state index contributed by atoms with van der Waals surface area (Å²) in [5, 5.41) is 0. The van der Waals surface area contributed by atoms with Gasteiger partial charge in [0, 0.05) is 18.4 Å². The van der Waals surface area contributed by atoms with E-state index in [0.717, 1.165) is 50.4 Å². The Morgan fingerprint density at radius 1 is 1.16 bits per heavy atom. The largest absolute Gasteiger partial charge is 0.469 e. The van der Waals surface area contributed by atoms with E-state index in [-0.39, 0.29) is 11.8 Å². The quantitative estimate of drug-likeness (QED) is 0.366. The Kier molecular flexibility index (Phi) is 7.08. The molecule has 1 aliphatic carbocycles. The van der Waals surface area contributed by atoms with Gasteiger partial charge in [-0.1, -0.05) is 19.3 Å². The number of Topliss-reactive ketones (excluding diaryl/α,β-unsaturated/α-hetero) is 1. The number of esters is 1. The second kappa shape index (κ2) is 8.62. The molecule has 0 saturated heterocycles. The lowest BCUT2D eigenvalue weighted by Gasteiger charge is -2.03. The van der Waals surface area contributed by atoms with E-state index in [4.69, 9.17) is 0 Å². The Morgan fingerprint density at radius 2 is 1.84 bits per heavy atom. The van der Waals surface area contributed by atoms with Crippen LogP contribution in [0.3, 0.4) is 0 Å². The van der Waals surface area contributed by atoms with Crippen LogP contribution in [0.2, 0.25) is 0 Å². The molecule has 0 atom stereocenters. The number of ether oxygens (including phenoxy) is 1. The van der Waals surface area contributed by atoms with Gasteiger partial charge in [0.2, 0.25) is 0 Å². The normalized spacial score (nSPS) is 14.9. The fourth-order valence-electron chi connectivity index (χ4n) is 2.36. The van der Waals surface area contributed by atoms with Gasteiger partial charge in [0.25, 0.3) is 0 Å². The number of aldehydes is 1. The van der Waals surface area contributed by atoms with E-state index in [1.54, 1.807) is 0 Å². The Bertz CT molecular complexity index is 368.